The van der Waals surface area contributed by atoms with Gasteiger partial charge in [-0.05, 0) is 102 Å². The Labute approximate surface area is 489 Å². The highest BCUT2D eigenvalue weighted by Gasteiger charge is 2.37. The van der Waals surface area contributed by atoms with E-state index in [9.17, 15) is 58.2 Å². The molecule has 0 unspecified atom stereocenters. The molecule has 22 N–H and O–H groups in total. The standard InChI is InChI=1S/C53H93N15O12S2/c1-29(2)12-10-11-25-81-82-28-34(58)44(71)67-43(32(6)70)53(80)64-37(17-22-56)46(73)63-39-19-24-59-52(79)42(31(5)69)68-49(76)38(18-23-57)61-45(72)35(15-20-54)62-50(77)40(26-30(3)4)65-51(78)41(27-33-13-8-7-9-14-33)66-47(74)36(16-21-55)60-48(39)75/h7-9,13-14,29-32,34-43,69-70H,10-12,15-28,54-58H2,1-6H3,(H,59,79)(H,60,75)(H,61,72)(H,62,77)(H,63,73)(H,64,80)(H,65,78)(H,66,74)(H,67,71)(H,68,76)/t31-,32-,34+,35+,36+,37+,38+,39+,40+,41-,42+,43+/m1/s1. The van der Waals surface area contributed by atoms with Crippen LogP contribution in [0.15, 0.2) is 30.3 Å². The number of aliphatic hydroxyl groups is 2. The summed E-state index contributed by atoms with van der Waals surface area (Å²) in [6.07, 6.45) is -1.07. The van der Waals surface area contributed by atoms with Crippen LogP contribution in [0.2, 0.25) is 0 Å². The van der Waals surface area contributed by atoms with Gasteiger partial charge in [0, 0.05) is 24.5 Å². The number of nitrogens with two attached hydrogens (primary N) is 5. The van der Waals surface area contributed by atoms with Gasteiger partial charge in [0.05, 0.1) is 18.2 Å². The van der Waals surface area contributed by atoms with E-state index < -0.39 is 145 Å². The number of carbonyl (C=O) groups excluding carboxylic acids is 10. The number of rotatable bonds is 28. The average Bonchev–Trinajstić information content (AvgIpc) is 3.47. The monoisotopic (exact) mass is 1200 g/mol. The molecule has 1 aliphatic rings. The van der Waals surface area contributed by atoms with Crippen molar-refractivity contribution in [2.45, 2.75) is 178 Å². The van der Waals surface area contributed by atoms with Crippen LogP contribution in [0.25, 0.3) is 0 Å². The van der Waals surface area contributed by atoms with Gasteiger partial charge in [-0.1, -0.05) is 92.5 Å². The molecule has 1 saturated heterocycles. The summed E-state index contributed by atoms with van der Waals surface area (Å²) < 4.78 is 0. The van der Waals surface area contributed by atoms with Crippen molar-refractivity contribution in [2.75, 3.05) is 44.2 Å². The summed E-state index contributed by atoms with van der Waals surface area (Å²) >= 11 is 0. The van der Waals surface area contributed by atoms with Crippen molar-refractivity contribution in [2.24, 2.45) is 40.5 Å². The van der Waals surface area contributed by atoms with Gasteiger partial charge in [0.1, 0.15) is 54.4 Å². The first kappa shape index (κ1) is 72.4. The molecule has 1 aromatic rings. The quantitative estimate of drug-likeness (QED) is 0.0280. The van der Waals surface area contributed by atoms with Crippen LogP contribution in [0, 0.1) is 11.8 Å². The largest absolute Gasteiger partial charge is 0.391 e. The first-order chi connectivity index (χ1) is 38.9. The molecule has 1 aliphatic heterocycles. The highest BCUT2D eigenvalue weighted by molar-refractivity contribution is 8.76. The van der Waals surface area contributed by atoms with Crippen LogP contribution in [0.5, 0.6) is 0 Å². The molecule has 1 aromatic carbocycles. The molecular formula is C53H93N15O12S2. The lowest BCUT2D eigenvalue weighted by Gasteiger charge is -2.28. The Morgan fingerprint density at radius 3 is 1.65 bits per heavy atom. The van der Waals surface area contributed by atoms with Crippen LogP contribution in [-0.4, -0.2) is 186 Å². The van der Waals surface area contributed by atoms with E-state index in [4.69, 9.17) is 28.7 Å². The summed E-state index contributed by atoms with van der Waals surface area (Å²) in [5.74, 6) is -7.55. The minimum absolute atomic E-state index is 0.0560. The van der Waals surface area contributed by atoms with E-state index in [1.807, 2.05) is 0 Å². The number of unbranched alkanes of at least 4 members (excludes halogenated alkanes) is 1. The smallest absolute Gasteiger partial charge is 0.245 e. The molecule has 1 heterocycles. The van der Waals surface area contributed by atoms with Crippen LogP contribution in [0.4, 0.5) is 0 Å². The Bertz CT molecular complexity index is 2200. The lowest BCUT2D eigenvalue weighted by atomic mass is 10.00. The predicted octanol–water partition coefficient (Wildman–Crippen LogP) is -4.15. The van der Waals surface area contributed by atoms with Crippen molar-refractivity contribution in [1.29, 1.82) is 0 Å². The van der Waals surface area contributed by atoms with E-state index >= 15 is 0 Å². The van der Waals surface area contributed by atoms with Crippen molar-refractivity contribution in [1.82, 2.24) is 53.2 Å². The lowest BCUT2D eigenvalue weighted by Crippen LogP contribution is -2.62. The van der Waals surface area contributed by atoms with Crippen LogP contribution >= 0.6 is 21.6 Å². The van der Waals surface area contributed by atoms with E-state index in [0.29, 0.717) is 11.5 Å². The van der Waals surface area contributed by atoms with Crippen molar-refractivity contribution in [3.63, 3.8) is 0 Å². The van der Waals surface area contributed by atoms with Crippen LogP contribution in [-0.2, 0) is 54.4 Å². The molecule has 29 heteroatoms. The third-order valence-corrected chi connectivity index (χ3v) is 15.6. The van der Waals surface area contributed by atoms with Crippen molar-refractivity contribution < 1.29 is 58.2 Å². The minimum Gasteiger partial charge on any atom is -0.391 e. The Morgan fingerprint density at radius 2 is 1.12 bits per heavy atom. The van der Waals surface area contributed by atoms with Crippen molar-refractivity contribution >= 4 is 80.7 Å². The van der Waals surface area contributed by atoms with Crippen LogP contribution in [0.1, 0.15) is 105 Å². The number of benzene rings is 1. The second-order valence-electron chi connectivity index (χ2n) is 21.2. The zero-order valence-electron chi connectivity index (χ0n) is 48.2. The summed E-state index contributed by atoms with van der Waals surface area (Å²) in [6, 6.07) is -5.77. The van der Waals surface area contributed by atoms with Gasteiger partial charge in [0.15, 0.2) is 0 Å². The van der Waals surface area contributed by atoms with Gasteiger partial charge in [-0.15, -0.1) is 0 Å². The maximum atomic E-state index is 14.5. The first-order valence-corrected chi connectivity index (χ1v) is 30.6. The molecule has 0 bridgehead atoms. The first-order valence-electron chi connectivity index (χ1n) is 28.1. The number of hydrogen-bond donors (Lipinski definition) is 17. The predicted molar refractivity (Wildman–Crippen MR) is 314 cm³/mol. The fourth-order valence-electron chi connectivity index (χ4n) is 8.41. The minimum atomic E-state index is -1.67. The highest BCUT2D eigenvalue weighted by Crippen LogP contribution is 2.24. The van der Waals surface area contributed by atoms with Gasteiger partial charge >= 0.3 is 0 Å². The fraction of sp³-hybridized carbons (Fsp3) is 0.698. The molecule has 12 atom stereocenters. The summed E-state index contributed by atoms with van der Waals surface area (Å²) in [5.41, 5.74) is 30.3. The van der Waals surface area contributed by atoms with Crippen molar-refractivity contribution in [3.8, 4) is 0 Å². The summed E-state index contributed by atoms with van der Waals surface area (Å²) in [4.78, 5) is 140. The van der Waals surface area contributed by atoms with E-state index in [0.717, 1.165) is 25.0 Å². The van der Waals surface area contributed by atoms with E-state index in [2.05, 4.69) is 67.0 Å². The molecule has 0 aromatic heterocycles. The summed E-state index contributed by atoms with van der Waals surface area (Å²) in [7, 11) is 2.96. The Kier molecular flexibility index (Phi) is 34.4. The summed E-state index contributed by atoms with van der Waals surface area (Å²) in [5, 5.41) is 47.0. The van der Waals surface area contributed by atoms with Crippen LogP contribution in [0.3, 0.4) is 0 Å². The molecule has 0 radical (unpaired) electrons. The molecular weight excluding hydrogens is 1100 g/mol. The maximum Gasteiger partial charge on any atom is 0.245 e. The Hall–Kier alpha value is -5.66. The zero-order chi connectivity index (χ0) is 61.5. The molecule has 10 amide bonds. The second-order valence-corrected chi connectivity index (χ2v) is 23.8. The molecule has 2 rings (SSSR count). The third kappa shape index (κ3) is 26.7. The van der Waals surface area contributed by atoms with Crippen LogP contribution < -0.4 is 81.8 Å². The fourth-order valence-corrected chi connectivity index (χ4v) is 10.7. The SMILES string of the molecule is CC(C)CCCCSSC[C@H](N)C(=O)N[C@H](C(=O)N[C@@H](CCN)C(=O)N[C@H]1CCNC(=O)[C@H]([C@@H](C)O)NC(=O)[C@H](CCN)NC(=O)[C@H](CCN)NC(=O)[C@H](CC(C)C)NC(=O)[C@@H](Cc2ccccc2)NC(=O)[C@H](CCN)NC1=O)[C@@H](C)O. The van der Waals surface area contributed by atoms with Gasteiger partial charge in [-0.2, -0.15) is 0 Å². The van der Waals surface area contributed by atoms with Gasteiger partial charge in [-0.25, -0.2) is 0 Å². The Balaban J connectivity index is 2.64. The molecule has 0 spiro atoms. The highest BCUT2D eigenvalue weighted by atomic mass is 33.1. The lowest BCUT2D eigenvalue weighted by molar-refractivity contribution is -0.136. The number of amides is 10. The van der Waals surface area contributed by atoms with Crippen molar-refractivity contribution in [3.05, 3.63) is 35.9 Å². The number of hydrogen-bond acceptors (Lipinski definition) is 19. The van der Waals surface area contributed by atoms with E-state index in [1.165, 1.54) is 24.6 Å². The van der Waals surface area contributed by atoms with Gasteiger partial charge in [-0.3, -0.25) is 47.9 Å². The Morgan fingerprint density at radius 1 is 0.598 bits per heavy atom. The summed E-state index contributed by atoms with van der Waals surface area (Å²) in [6.45, 7) is 9.31. The van der Waals surface area contributed by atoms with Gasteiger partial charge < -0.3 is 92.0 Å². The molecule has 27 nitrogen and oxygen atoms in total. The molecule has 1 fully saturated rings. The zero-order valence-corrected chi connectivity index (χ0v) is 49.8. The molecule has 0 aliphatic carbocycles. The molecule has 0 saturated carbocycles. The van der Waals surface area contributed by atoms with Gasteiger partial charge in [0.25, 0.3) is 0 Å². The van der Waals surface area contributed by atoms with E-state index in [1.54, 1.807) is 55.0 Å². The number of nitrogens with one attached hydrogen (secondary N) is 10. The topological polar surface area (TPSA) is 462 Å². The number of carbonyl (C=O) groups is 10. The third-order valence-electron chi connectivity index (χ3n) is 13.0. The van der Waals surface area contributed by atoms with E-state index in [-0.39, 0.29) is 76.4 Å². The maximum absolute atomic E-state index is 14.5. The van der Waals surface area contributed by atoms with Gasteiger partial charge in [0.2, 0.25) is 59.1 Å². The average molecular weight is 1200 g/mol. The molecule has 464 valence electrons. The molecule has 82 heavy (non-hydrogen) atoms. The second kappa shape index (κ2) is 39.0. The normalized spacial score (nSPS) is 23.1. The number of aliphatic hydroxyl groups excluding tert-OH is 2.